The Balaban J connectivity index is 2.26. The molecule has 1 saturated heterocycles. The van der Waals surface area contributed by atoms with E-state index < -0.39 is 0 Å². The Kier molecular flexibility index (Phi) is 4.18. The highest BCUT2D eigenvalue weighted by Crippen LogP contribution is 2.06. The second kappa shape index (κ2) is 5.19. The van der Waals surface area contributed by atoms with E-state index in [1.165, 1.54) is 19.3 Å². The monoisotopic (exact) mass is 185 g/mol. The van der Waals surface area contributed by atoms with Crippen LogP contribution in [0.4, 0.5) is 0 Å². The summed E-state index contributed by atoms with van der Waals surface area (Å²) in [6, 6.07) is 0. The topological polar surface area (TPSA) is 58.4 Å². The number of hydrogen-bond donors (Lipinski definition) is 2. The maximum absolute atomic E-state index is 11.4. The predicted molar refractivity (Wildman–Crippen MR) is 51.8 cm³/mol. The van der Waals surface area contributed by atoms with Crippen molar-refractivity contribution in [3.05, 3.63) is 0 Å². The van der Waals surface area contributed by atoms with E-state index in [0.29, 0.717) is 6.54 Å². The lowest BCUT2D eigenvalue weighted by molar-refractivity contribution is -0.129. The van der Waals surface area contributed by atoms with Crippen molar-refractivity contribution >= 4 is 5.91 Å². The molecule has 1 aliphatic heterocycles. The fourth-order valence-electron chi connectivity index (χ4n) is 1.38. The van der Waals surface area contributed by atoms with Crippen molar-refractivity contribution in [2.45, 2.75) is 26.2 Å². The first-order valence-electron chi connectivity index (χ1n) is 4.99. The molecule has 76 valence electrons. The quantitative estimate of drug-likeness (QED) is 0.655. The van der Waals surface area contributed by atoms with Crippen molar-refractivity contribution in [1.82, 2.24) is 10.4 Å². The fraction of sp³-hybridized carbons (Fsp3) is 0.889. The Hall–Kier alpha value is -0.610. The van der Waals surface area contributed by atoms with Crippen molar-refractivity contribution in [2.75, 3.05) is 19.6 Å². The molecule has 1 rings (SSSR count). The second-order valence-electron chi connectivity index (χ2n) is 3.66. The number of nitrogens with zero attached hydrogens (tertiary/aromatic N) is 1. The largest absolute Gasteiger partial charge is 0.330 e. The van der Waals surface area contributed by atoms with Crippen LogP contribution in [0, 0.1) is 5.92 Å². The maximum Gasteiger partial charge on any atom is 0.238 e. The summed E-state index contributed by atoms with van der Waals surface area (Å²) in [6.45, 7) is 4.21. The van der Waals surface area contributed by atoms with Crippen molar-refractivity contribution in [3.63, 3.8) is 0 Å². The molecule has 0 spiro atoms. The fourth-order valence-corrected chi connectivity index (χ4v) is 1.38. The first-order valence-corrected chi connectivity index (χ1v) is 4.99. The van der Waals surface area contributed by atoms with Crippen LogP contribution in [0.15, 0.2) is 0 Å². The van der Waals surface area contributed by atoms with Crippen LogP contribution in [-0.4, -0.2) is 30.6 Å². The number of hydrogen-bond acceptors (Lipinski definition) is 3. The average molecular weight is 185 g/mol. The Bertz CT molecular complexity index is 166. The third-order valence-electron chi connectivity index (χ3n) is 2.43. The Labute approximate surface area is 79.4 Å². The molecule has 0 radical (unpaired) electrons. The van der Waals surface area contributed by atoms with Gasteiger partial charge in [-0.25, -0.2) is 5.01 Å². The zero-order valence-corrected chi connectivity index (χ0v) is 8.25. The van der Waals surface area contributed by atoms with E-state index in [-0.39, 0.29) is 11.8 Å². The van der Waals surface area contributed by atoms with Gasteiger partial charge in [0, 0.05) is 25.6 Å². The summed E-state index contributed by atoms with van der Waals surface area (Å²) in [5.74, 6) is -0.0358. The summed E-state index contributed by atoms with van der Waals surface area (Å²) < 4.78 is 0. The van der Waals surface area contributed by atoms with Gasteiger partial charge < -0.3 is 5.73 Å². The van der Waals surface area contributed by atoms with Gasteiger partial charge >= 0.3 is 0 Å². The van der Waals surface area contributed by atoms with Crippen LogP contribution < -0.4 is 11.2 Å². The van der Waals surface area contributed by atoms with Gasteiger partial charge in [-0.05, 0) is 12.8 Å². The zero-order chi connectivity index (χ0) is 9.68. The van der Waals surface area contributed by atoms with Gasteiger partial charge in [-0.3, -0.25) is 10.2 Å². The van der Waals surface area contributed by atoms with Crippen molar-refractivity contribution in [2.24, 2.45) is 11.7 Å². The van der Waals surface area contributed by atoms with Gasteiger partial charge in [-0.1, -0.05) is 13.3 Å². The minimum absolute atomic E-state index is 0.0457. The van der Waals surface area contributed by atoms with E-state index >= 15 is 0 Å². The van der Waals surface area contributed by atoms with E-state index in [4.69, 9.17) is 5.73 Å². The molecule has 1 aliphatic rings. The van der Waals surface area contributed by atoms with E-state index in [2.05, 4.69) is 5.43 Å². The lowest BCUT2D eigenvalue weighted by atomic mass is 10.1. The Morgan fingerprint density at radius 1 is 1.46 bits per heavy atom. The number of rotatable bonds is 3. The number of carbonyl (C=O) groups excluding carboxylic acids is 1. The van der Waals surface area contributed by atoms with Crippen LogP contribution in [0.25, 0.3) is 0 Å². The third kappa shape index (κ3) is 3.32. The number of hydrazine groups is 1. The highest BCUT2D eigenvalue weighted by atomic mass is 16.2. The van der Waals surface area contributed by atoms with Crippen LogP contribution in [0.5, 0.6) is 0 Å². The number of piperidine rings is 1. The molecular formula is C9H19N3O. The van der Waals surface area contributed by atoms with Gasteiger partial charge in [0.25, 0.3) is 0 Å². The molecule has 1 fully saturated rings. The van der Waals surface area contributed by atoms with Crippen LogP contribution in [0.1, 0.15) is 26.2 Å². The number of carbonyl (C=O) groups is 1. The summed E-state index contributed by atoms with van der Waals surface area (Å²) in [4.78, 5) is 11.4. The zero-order valence-electron chi connectivity index (χ0n) is 8.25. The normalized spacial score (nSPS) is 21.1. The van der Waals surface area contributed by atoms with Crippen LogP contribution >= 0.6 is 0 Å². The smallest absolute Gasteiger partial charge is 0.238 e. The predicted octanol–water partition coefficient (Wildman–Crippen LogP) is 0.0983. The number of nitrogens with two attached hydrogens (primary N) is 1. The van der Waals surface area contributed by atoms with E-state index in [1.54, 1.807) is 0 Å². The molecule has 0 aliphatic carbocycles. The highest BCUT2D eigenvalue weighted by molar-refractivity contribution is 5.77. The average Bonchev–Trinajstić information content (AvgIpc) is 2.18. The molecule has 0 saturated carbocycles. The van der Waals surface area contributed by atoms with Gasteiger partial charge in [0.15, 0.2) is 0 Å². The highest BCUT2D eigenvalue weighted by Gasteiger charge is 2.16. The molecule has 4 nitrogen and oxygen atoms in total. The standard InChI is InChI=1S/C9H19N3O/c1-8(7-10)9(13)11-12-5-3-2-4-6-12/h8H,2-7,10H2,1H3,(H,11,13). The van der Waals surface area contributed by atoms with Gasteiger partial charge in [0.05, 0.1) is 0 Å². The van der Waals surface area contributed by atoms with Crippen LogP contribution in [0.2, 0.25) is 0 Å². The van der Waals surface area contributed by atoms with Crippen LogP contribution in [0.3, 0.4) is 0 Å². The molecule has 0 bridgehead atoms. The molecule has 0 aromatic heterocycles. The van der Waals surface area contributed by atoms with E-state index in [1.807, 2.05) is 11.9 Å². The molecule has 4 heteroatoms. The molecule has 1 unspecified atom stereocenters. The molecule has 1 heterocycles. The SMILES string of the molecule is CC(CN)C(=O)NN1CCCCC1. The summed E-state index contributed by atoms with van der Waals surface area (Å²) in [5, 5.41) is 2.00. The van der Waals surface area contributed by atoms with E-state index in [0.717, 1.165) is 13.1 Å². The van der Waals surface area contributed by atoms with Gasteiger partial charge in [-0.15, -0.1) is 0 Å². The van der Waals surface area contributed by atoms with Gasteiger partial charge in [-0.2, -0.15) is 0 Å². The minimum Gasteiger partial charge on any atom is -0.330 e. The molecule has 0 aromatic rings. The number of nitrogens with one attached hydrogen (secondary N) is 1. The summed E-state index contributed by atoms with van der Waals surface area (Å²) in [5.41, 5.74) is 8.28. The molecule has 13 heavy (non-hydrogen) atoms. The molecular weight excluding hydrogens is 166 g/mol. The van der Waals surface area contributed by atoms with E-state index in [9.17, 15) is 4.79 Å². The summed E-state index contributed by atoms with van der Waals surface area (Å²) in [7, 11) is 0. The van der Waals surface area contributed by atoms with Gasteiger partial charge in [0.2, 0.25) is 5.91 Å². The summed E-state index contributed by atoms with van der Waals surface area (Å²) in [6.07, 6.45) is 3.63. The lowest BCUT2D eigenvalue weighted by Crippen LogP contribution is -2.47. The Morgan fingerprint density at radius 2 is 2.08 bits per heavy atom. The Morgan fingerprint density at radius 3 is 2.62 bits per heavy atom. The minimum atomic E-state index is -0.0815. The number of amides is 1. The maximum atomic E-state index is 11.4. The third-order valence-corrected chi connectivity index (χ3v) is 2.43. The van der Waals surface area contributed by atoms with Crippen molar-refractivity contribution < 1.29 is 4.79 Å². The van der Waals surface area contributed by atoms with Crippen molar-refractivity contribution in [1.29, 1.82) is 0 Å². The first kappa shape index (κ1) is 10.5. The van der Waals surface area contributed by atoms with Crippen LogP contribution in [-0.2, 0) is 4.79 Å². The molecule has 1 atom stereocenters. The summed E-state index contributed by atoms with van der Waals surface area (Å²) >= 11 is 0. The molecule has 0 aromatic carbocycles. The first-order chi connectivity index (χ1) is 6.24. The van der Waals surface area contributed by atoms with Crippen molar-refractivity contribution in [3.8, 4) is 0 Å². The molecule has 3 N–H and O–H groups in total. The lowest BCUT2D eigenvalue weighted by Gasteiger charge is -2.27. The second-order valence-corrected chi connectivity index (χ2v) is 3.66. The van der Waals surface area contributed by atoms with Gasteiger partial charge in [0.1, 0.15) is 0 Å². The molecule has 1 amide bonds.